The number of H-pyrrole nitrogens is 1. The summed E-state index contributed by atoms with van der Waals surface area (Å²) < 4.78 is 24.7. The summed E-state index contributed by atoms with van der Waals surface area (Å²) in [5.41, 5.74) is 1.10. The lowest BCUT2D eigenvalue weighted by molar-refractivity contribution is -0.00494. The Bertz CT molecular complexity index is 522. The van der Waals surface area contributed by atoms with Crippen LogP contribution in [0.1, 0.15) is 22.0 Å². The van der Waals surface area contributed by atoms with Crippen molar-refractivity contribution in [3.8, 4) is 0 Å². The summed E-state index contributed by atoms with van der Waals surface area (Å²) >= 11 is 0. The van der Waals surface area contributed by atoms with Gasteiger partial charge in [-0.2, -0.15) is 0 Å². The smallest absolute Gasteiger partial charge is 0.268 e. The molecule has 1 aromatic carbocycles. The molecule has 0 fully saturated rings. The Hall–Kier alpha value is -1.75. The molecule has 0 aliphatic carbocycles. The number of nitrogens with one attached hydrogen (secondary N) is 1. The molecule has 1 atom stereocenters. The van der Waals surface area contributed by atoms with Crippen molar-refractivity contribution < 1.29 is 18.7 Å². The molecule has 2 aromatic rings. The molecular formula is C11H9F2NO2. The van der Waals surface area contributed by atoms with Crippen LogP contribution in [0.4, 0.5) is 8.78 Å². The van der Waals surface area contributed by atoms with Crippen molar-refractivity contribution in [2.75, 3.05) is 0 Å². The van der Waals surface area contributed by atoms with Gasteiger partial charge in [-0.05, 0) is 18.2 Å². The van der Waals surface area contributed by atoms with Crippen LogP contribution in [0.2, 0.25) is 0 Å². The zero-order valence-corrected chi connectivity index (χ0v) is 8.15. The van der Waals surface area contributed by atoms with Crippen molar-refractivity contribution in [1.29, 1.82) is 0 Å². The number of benzene rings is 1. The van der Waals surface area contributed by atoms with Crippen LogP contribution in [0.3, 0.4) is 0 Å². The highest BCUT2D eigenvalue weighted by molar-refractivity contribution is 5.89. The van der Waals surface area contributed by atoms with Gasteiger partial charge in [0.05, 0.1) is 0 Å². The standard InChI is InChI=1S/C11H9F2NO2/c12-11(13)10(16)8-4-14-9-2-1-6(5-15)3-7(8)9/h1-5,10-11,14,16H. The molecule has 1 heterocycles. The van der Waals surface area contributed by atoms with E-state index in [-0.39, 0.29) is 5.56 Å². The van der Waals surface area contributed by atoms with Gasteiger partial charge in [-0.25, -0.2) is 8.78 Å². The third-order valence-electron chi connectivity index (χ3n) is 2.43. The number of halogens is 2. The summed E-state index contributed by atoms with van der Waals surface area (Å²) in [7, 11) is 0. The quantitative estimate of drug-likeness (QED) is 0.787. The molecule has 1 unspecified atom stereocenters. The molecule has 2 N–H and O–H groups in total. The second kappa shape index (κ2) is 4.02. The van der Waals surface area contributed by atoms with Crippen LogP contribution in [0.5, 0.6) is 0 Å². The van der Waals surface area contributed by atoms with Crippen molar-refractivity contribution in [2.45, 2.75) is 12.5 Å². The van der Waals surface area contributed by atoms with E-state index < -0.39 is 12.5 Å². The summed E-state index contributed by atoms with van der Waals surface area (Å²) in [4.78, 5) is 13.3. The largest absolute Gasteiger partial charge is 0.382 e. The summed E-state index contributed by atoms with van der Waals surface area (Å²) in [6.07, 6.45) is -2.73. The van der Waals surface area contributed by atoms with Gasteiger partial charge in [-0.1, -0.05) is 0 Å². The molecule has 0 saturated carbocycles. The second-order valence-electron chi connectivity index (χ2n) is 3.45. The molecule has 0 bridgehead atoms. The molecule has 1 aromatic heterocycles. The van der Waals surface area contributed by atoms with Gasteiger partial charge in [0.2, 0.25) is 0 Å². The molecule has 0 saturated heterocycles. The second-order valence-corrected chi connectivity index (χ2v) is 3.45. The van der Waals surface area contributed by atoms with Crippen LogP contribution in [0, 0.1) is 0 Å². The number of carbonyl (C=O) groups excluding carboxylic acids is 1. The average molecular weight is 225 g/mol. The minimum absolute atomic E-state index is 0.105. The van der Waals surface area contributed by atoms with E-state index in [0.717, 1.165) is 0 Å². The molecular weight excluding hydrogens is 216 g/mol. The third-order valence-corrected chi connectivity index (χ3v) is 2.43. The van der Waals surface area contributed by atoms with Gasteiger partial charge in [0.15, 0.2) is 0 Å². The third kappa shape index (κ3) is 1.69. The van der Waals surface area contributed by atoms with Crippen LogP contribution < -0.4 is 0 Å². The Morgan fingerprint density at radius 3 is 2.75 bits per heavy atom. The highest BCUT2D eigenvalue weighted by Crippen LogP contribution is 2.28. The van der Waals surface area contributed by atoms with E-state index in [4.69, 9.17) is 0 Å². The number of aromatic amines is 1. The van der Waals surface area contributed by atoms with Gasteiger partial charge in [0, 0.05) is 28.2 Å². The lowest BCUT2D eigenvalue weighted by Gasteiger charge is -2.07. The highest BCUT2D eigenvalue weighted by atomic mass is 19.3. The van der Waals surface area contributed by atoms with Crippen LogP contribution >= 0.6 is 0 Å². The Kier molecular flexibility index (Phi) is 2.70. The van der Waals surface area contributed by atoms with E-state index >= 15 is 0 Å². The lowest BCUT2D eigenvalue weighted by atomic mass is 10.1. The Labute approximate surface area is 89.7 Å². The van der Waals surface area contributed by atoms with Gasteiger partial charge in [0.1, 0.15) is 12.4 Å². The van der Waals surface area contributed by atoms with Crippen molar-refractivity contribution in [1.82, 2.24) is 4.98 Å². The first kappa shape index (κ1) is 10.8. The van der Waals surface area contributed by atoms with Crippen molar-refractivity contribution in [3.63, 3.8) is 0 Å². The SMILES string of the molecule is O=Cc1ccc2[nH]cc(C(O)C(F)F)c2c1. The van der Waals surface area contributed by atoms with E-state index in [9.17, 15) is 18.7 Å². The first-order chi connectivity index (χ1) is 7.63. The highest BCUT2D eigenvalue weighted by Gasteiger charge is 2.22. The molecule has 3 nitrogen and oxygen atoms in total. The van der Waals surface area contributed by atoms with E-state index in [0.29, 0.717) is 22.8 Å². The van der Waals surface area contributed by atoms with E-state index in [2.05, 4.69) is 4.98 Å². The van der Waals surface area contributed by atoms with Gasteiger partial charge >= 0.3 is 0 Å². The summed E-state index contributed by atoms with van der Waals surface area (Å²) in [6.45, 7) is 0. The zero-order chi connectivity index (χ0) is 11.7. The van der Waals surface area contributed by atoms with Crippen LogP contribution in [0.25, 0.3) is 10.9 Å². The minimum Gasteiger partial charge on any atom is -0.382 e. The van der Waals surface area contributed by atoms with Crippen LogP contribution in [-0.4, -0.2) is 22.8 Å². The molecule has 0 aliphatic heterocycles. The Morgan fingerprint density at radius 1 is 1.38 bits per heavy atom. The van der Waals surface area contributed by atoms with Crippen molar-refractivity contribution in [2.24, 2.45) is 0 Å². The minimum atomic E-state index is -2.85. The normalized spacial score (nSPS) is 13.2. The molecule has 84 valence electrons. The number of hydrogen-bond donors (Lipinski definition) is 2. The number of carbonyl (C=O) groups is 1. The molecule has 16 heavy (non-hydrogen) atoms. The molecule has 0 spiro atoms. The Morgan fingerprint density at radius 2 is 2.12 bits per heavy atom. The number of alkyl halides is 2. The maximum atomic E-state index is 12.4. The average Bonchev–Trinajstić information content (AvgIpc) is 2.70. The van der Waals surface area contributed by atoms with E-state index in [1.807, 2.05) is 0 Å². The van der Waals surface area contributed by atoms with Gasteiger partial charge in [0.25, 0.3) is 6.43 Å². The van der Waals surface area contributed by atoms with Crippen LogP contribution in [-0.2, 0) is 0 Å². The summed E-state index contributed by atoms with van der Waals surface area (Å²) in [6, 6.07) is 4.66. The zero-order valence-electron chi connectivity index (χ0n) is 8.15. The van der Waals surface area contributed by atoms with Crippen molar-refractivity contribution >= 4 is 17.2 Å². The fourth-order valence-corrected chi connectivity index (χ4v) is 1.61. The molecule has 5 heteroatoms. The number of aldehydes is 1. The first-order valence-electron chi connectivity index (χ1n) is 4.66. The van der Waals surface area contributed by atoms with Crippen LogP contribution in [0.15, 0.2) is 24.4 Å². The molecule has 0 amide bonds. The first-order valence-corrected chi connectivity index (χ1v) is 4.66. The molecule has 0 radical (unpaired) electrons. The summed E-state index contributed by atoms with van der Waals surface area (Å²) in [5.74, 6) is 0. The molecule has 2 rings (SSSR count). The number of hydrogen-bond acceptors (Lipinski definition) is 2. The number of rotatable bonds is 3. The summed E-state index contributed by atoms with van der Waals surface area (Å²) in [5, 5.41) is 9.73. The predicted molar refractivity (Wildman–Crippen MR) is 54.7 cm³/mol. The number of aliphatic hydroxyl groups is 1. The monoisotopic (exact) mass is 225 g/mol. The predicted octanol–water partition coefficient (Wildman–Crippen LogP) is 2.28. The van der Waals surface area contributed by atoms with Gasteiger partial charge < -0.3 is 10.1 Å². The lowest BCUT2D eigenvalue weighted by Crippen LogP contribution is -2.07. The number of fused-ring (bicyclic) bond motifs is 1. The van der Waals surface area contributed by atoms with Gasteiger partial charge in [-0.15, -0.1) is 0 Å². The van der Waals surface area contributed by atoms with E-state index in [1.54, 1.807) is 12.1 Å². The van der Waals surface area contributed by atoms with Crippen molar-refractivity contribution in [3.05, 3.63) is 35.5 Å². The number of aromatic nitrogens is 1. The van der Waals surface area contributed by atoms with Gasteiger partial charge in [-0.3, -0.25) is 4.79 Å². The number of aliphatic hydroxyl groups excluding tert-OH is 1. The maximum absolute atomic E-state index is 12.4. The maximum Gasteiger partial charge on any atom is 0.268 e. The Balaban J connectivity index is 2.57. The topological polar surface area (TPSA) is 53.1 Å². The van der Waals surface area contributed by atoms with E-state index in [1.165, 1.54) is 12.3 Å². The molecule has 0 aliphatic rings. The fraction of sp³-hybridized carbons (Fsp3) is 0.182. The fourth-order valence-electron chi connectivity index (χ4n) is 1.61.